The second-order valence-corrected chi connectivity index (χ2v) is 6.66. The van der Waals surface area contributed by atoms with Gasteiger partial charge < -0.3 is 5.32 Å². The average molecular weight is 328 g/mol. The van der Waals surface area contributed by atoms with Crippen molar-refractivity contribution >= 4 is 21.7 Å². The largest absolute Gasteiger partial charge is 0.367 e. The van der Waals surface area contributed by atoms with Crippen LogP contribution in [0, 0.1) is 0 Å². The summed E-state index contributed by atoms with van der Waals surface area (Å²) in [5.74, 6) is 1.76. The molecule has 3 unspecified atom stereocenters. The van der Waals surface area contributed by atoms with Crippen molar-refractivity contribution in [2.45, 2.75) is 77.8 Å². The second-order valence-electron chi connectivity index (χ2n) is 5.87. The minimum atomic E-state index is 0.486. The Morgan fingerprint density at radius 3 is 2.79 bits per heavy atom. The van der Waals surface area contributed by atoms with Crippen LogP contribution >= 0.6 is 15.9 Å². The topological polar surface area (TPSA) is 29.9 Å². The van der Waals surface area contributed by atoms with Gasteiger partial charge in [-0.1, -0.05) is 26.7 Å². The zero-order valence-electron chi connectivity index (χ0n) is 12.5. The molecule has 108 valence electrons. The zero-order chi connectivity index (χ0) is 14.0. The predicted molar refractivity (Wildman–Crippen MR) is 84.9 cm³/mol. The first kappa shape index (κ1) is 14.9. The van der Waals surface area contributed by atoms with E-state index in [1.807, 2.05) is 0 Å². The van der Waals surface area contributed by atoms with Crippen molar-refractivity contribution in [3.8, 4) is 0 Å². The van der Waals surface area contributed by atoms with Gasteiger partial charge in [0, 0.05) is 12.0 Å². The molecule has 0 saturated carbocycles. The van der Waals surface area contributed by atoms with Crippen LogP contribution in [-0.2, 0) is 0 Å². The summed E-state index contributed by atoms with van der Waals surface area (Å²) in [7, 11) is 0. The molecular weight excluding hydrogens is 302 g/mol. The first-order chi connectivity index (χ1) is 9.08. The third kappa shape index (κ3) is 2.99. The number of hydrogen-bond acceptors (Lipinski definition) is 2. The van der Waals surface area contributed by atoms with Gasteiger partial charge in [0.15, 0.2) is 0 Å². The van der Waals surface area contributed by atoms with Crippen LogP contribution < -0.4 is 5.32 Å². The number of fused-ring (bicyclic) bond motifs is 1. The van der Waals surface area contributed by atoms with Crippen molar-refractivity contribution in [3.05, 3.63) is 10.2 Å². The van der Waals surface area contributed by atoms with E-state index >= 15 is 0 Å². The molecule has 0 aliphatic carbocycles. The summed E-state index contributed by atoms with van der Waals surface area (Å²) in [4.78, 5) is 0. The van der Waals surface area contributed by atoms with Crippen LogP contribution in [0.4, 0.5) is 5.82 Å². The molecule has 0 amide bonds. The van der Waals surface area contributed by atoms with Gasteiger partial charge in [-0.05, 0) is 49.0 Å². The summed E-state index contributed by atoms with van der Waals surface area (Å²) in [6.07, 6.45) is 6.09. The summed E-state index contributed by atoms with van der Waals surface area (Å²) in [6.45, 7) is 9.03. The number of nitrogens with one attached hydrogen (secondary N) is 1. The van der Waals surface area contributed by atoms with Crippen LogP contribution in [-0.4, -0.2) is 15.8 Å². The normalized spacial score (nSPS) is 23.8. The maximum absolute atomic E-state index is 4.90. The molecule has 4 heteroatoms. The minimum absolute atomic E-state index is 0.486. The van der Waals surface area contributed by atoms with Gasteiger partial charge in [-0.3, -0.25) is 0 Å². The lowest BCUT2D eigenvalue weighted by Crippen LogP contribution is -2.28. The molecule has 0 radical (unpaired) electrons. The van der Waals surface area contributed by atoms with E-state index in [2.05, 4.69) is 53.6 Å². The van der Waals surface area contributed by atoms with E-state index in [1.165, 1.54) is 41.7 Å². The fourth-order valence-corrected chi connectivity index (χ4v) is 3.73. The fraction of sp³-hybridized carbons (Fsp3) is 0.800. The van der Waals surface area contributed by atoms with Gasteiger partial charge in [-0.15, -0.1) is 0 Å². The summed E-state index contributed by atoms with van der Waals surface area (Å²) < 4.78 is 3.36. The first-order valence-electron chi connectivity index (χ1n) is 7.62. The van der Waals surface area contributed by atoms with Crippen molar-refractivity contribution in [3.63, 3.8) is 0 Å². The number of unbranched alkanes of at least 4 members (excludes halogenated alkanes) is 1. The second kappa shape index (κ2) is 6.29. The molecule has 0 bridgehead atoms. The van der Waals surface area contributed by atoms with Crippen molar-refractivity contribution in [2.24, 2.45) is 0 Å². The van der Waals surface area contributed by atoms with E-state index in [4.69, 9.17) is 5.10 Å². The lowest BCUT2D eigenvalue weighted by molar-refractivity contribution is 0.407. The molecule has 1 N–H and O–H groups in total. The van der Waals surface area contributed by atoms with Crippen molar-refractivity contribution in [1.29, 1.82) is 0 Å². The van der Waals surface area contributed by atoms with Gasteiger partial charge in [0.2, 0.25) is 0 Å². The number of rotatable bonds is 5. The molecule has 3 nitrogen and oxygen atoms in total. The van der Waals surface area contributed by atoms with Gasteiger partial charge in [0.05, 0.1) is 16.2 Å². The molecule has 0 aromatic carbocycles. The Morgan fingerprint density at radius 1 is 1.42 bits per heavy atom. The van der Waals surface area contributed by atoms with Gasteiger partial charge in [0.25, 0.3) is 0 Å². The first-order valence-corrected chi connectivity index (χ1v) is 8.42. The van der Waals surface area contributed by atoms with E-state index in [9.17, 15) is 0 Å². The summed E-state index contributed by atoms with van der Waals surface area (Å²) >= 11 is 3.78. The lowest BCUT2D eigenvalue weighted by atomic mass is 9.96. The number of nitrogens with zero attached hydrogens (tertiary/aromatic N) is 2. The van der Waals surface area contributed by atoms with Gasteiger partial charge in [0.1, 0.15) is 5.82 Å². The third-order valence-corrected chi connectivity index (χ3v) is 4.94. The molecule has 19 heavy (non-hydrogen) atoms. The predicted octanol–water partition coefficient (Wildman–Crippen LogP) is 5.09. The maximum Gasteiger partial charge on any atom is 0.139 e. The Bertz CT molecular complexity index is 427. The van der Waals surface area contributed by atoms with E-state index < -0.39 is 0 Å². The van der Waals surface area contributed by atoms with Crippen molar-refractivity contribution in [1.82, 2.24) is 9.78 Å². The van der Waals surface area contributed by atoms with E-state index in [0.717, 1.165) is 6.42 Å². The number of anilines is 1. The quantitative estimate of drug-likeness (QED) is 0.815. The molecule has 1 aromatic heterocycles. The van der Waals surface area contributed by atoms with Crippen LogP contribution in [0.15, 0.2) is 4.47 Å². The molecule has 2 rings (SSSR count). The Balaban J connectivity index is 2.29. The Hall–Kier alpha value is -0.510. The van der Waals surface area contributed by atoms with E-state index in [0.29, 0.717) is 18.0 Å². The standard InChI is InChI=1S/C15H26BrN3/c1-5-7-8-12(6-2)14-13(16)15-17-10(3)9-11(4)19(15)18-14/h10-12,17H,5-9H2,1-4H3. The molecular formula is C15H26BrN3. The number of aromatic nitrogens is 2. The maximum atomic E-state index is 4.90. The Kier molecular flexibility index (Phi) is 4.93. The number of hydrogen-bond donors (Lipinski definition) is 1. The van der Waals surface area contributed by atoms with Crippen LogP contribution in [0.2, 0.25) is 0 Å². The molecule has 0 spiro atoms. The Morgan fingerprint density at radius 2 is 2.16 bits per heavy atom. The van der Waals surface area contributed by atoms with Crippen LogP contribution in [0.5, 0.6) is 0 Å². The van der Waals surface area contributed by atoms with Gasteiger partial charge >= 0.3 is 0 Å². The summed E-state index contributed by atoms with van der Waals surface area (Å²) in [5.41, 5.74) is 1.25. The van der Waals surface area contributed by atoms with Crippen LogP contribution in [0.1, 0.15) is 77.5 Å². The zero-order valence-corrected chi connectivity index (χ0v) is 14.1. The highest BCUT2D eigenvalue weighted by atomic mass is 79.9. The highest BCUT2D eigenvalue weighted by Gasteiger charge is 2.28. The molecule has 0 fully saturated rings. The monoisotopic (exact) mass is 327 g/mol. The smallest absolute Gasteiger partial charge is 0.139 e. The molecule has 0 saturated heterocycles. The number of halogens is 1. The lowest BCUT2D eigenvalue weighted by Gasteiger charge is -2.28. The molecule has 1 aromatic rings. The van der Waals surface area contributed by atoms with Crippen LogP contribution in [0.3, 0.4) is 0 Å². The van der Waals surface area contributed by atoms with Crippen molar-refractivity contribution < 1.29 is 0 Å². The van der Waals surface area contributed by atoms with Gasteiger partial charge in [-0.2, -0.15) is 5.10 Å². The molecule has 1 aliphatic heterocycles. The van der Waals surface area contributed by atoms with E-state index in [-0.39, 0.29) is 0 Å². The molecule has 3 atom stereocenters. The molecule has 2 heterocycles. The Labute approximate surface area is 125 Å². The van der Waals surface area contributed by atoms with E-state index in [1.54, 1.807) is 0 Å². The van der Waals surface area contributed by atoms with Crippen LogP contribution in [0.25, 0.3) is 0 Å². The molecule has 1 aliphatic rings. The third-order valence-electron chi connectivity index (χ3n) is 4.16. The summed E-state index contributed by atoms with van der Waals surface area (Å²) in [6, 6.07) is 1.01. The average Bonchev–Trinajstić information content (AvgIpc) is 2.69. The SMILES string of the molecule is CCCCC(CC)c1nn2c(c1Br)NC(C)CC2C. The van der Waals surface area contributed by atoms with Gasteiger partial charge in [-0.25, -0.2) is 4.68 Å². The summed E-state index contributed by atoms with van der Waals surface area (Å²) in [5, 5.41) is 8.46. The van der Waals surface area contributed by atoms with Crippen molar-refractivity contribution in [2.75, 3.05) is 5.32 Å². The highest BCUT2D eigenvalue weighted by Crippen LogP contribution is 2.39. The highest BCUT2D eigenvalue weighted by molar-refractivity contribution is 9.10. The fourth-order valence-electron chi connectivity index (χ4n) is 3.03. The minimum Gasteiger partial charge on any atom is -0.367 e.